The highest BCUT2D eigenvalue weighted by Crippen LogP contribution is 2.25. The van der Waals surface area contributed by atoms with Crippen molar-refractivity contribution in [2.75, 3.05) is 23.4 Å². The zero-order chi connectivity index (χ0) is 23.8. The number of nitrogens with zero attached hydrogens (tertiary/aromatic N) is 2. The number of thioether (sulfide) groups is 2. The molecule has 0 fully saturated rings. The Morgan fingerprint density at radius 2 is 1.45 bits per heavy atom. The molecule has 3 aromatic rings. The van der Waals surface area contributed by atoms with Gasteiger partial charge < -0.3 is 0 Å². The molecule has 3 rings (SSSR count). The Kier molecular flexibility index (Phi) is 8.60. The molecule has 3 aromatic carbocycles. The number of sulfonamides is 1. The highest BCUT2D eigenvalue weighted by molar-refractivity contribution is 7.98. The maximum Gasteiger partial charge on any atom is 0.264 e. The minimum absolute atomic E-state index is 0.117. The van der Waals surface area contributed by atoms with Gasteiger partial charge in [-0.15, -0.1) is 23.5 Å². The summed E-state index contributed by atoms with van der Waals surface area (Å²) in [5, 5.41) is 3.98. The van der Waals surface area contributed by atoms with Crippen molar-refractivity contribution in [3.05, 3.63) is 83.9 Å². The Hall–Kier alpha value is -2.75. The summed E-state index contributed by atoms with van der Waals surface area (Å²) in [6.07, 6.45) is 5.44. The molecule has 0 radical (unpaired) electrons. The molecule has 0 aliphatic carbocycles. The third-order valence-corrected chi connectivity index (χ3v) is 8.05. The van der Waals surface area contributed by atoms with Crippen LogP contribution in [0.4, 0.5) is 5.69 Å². The number of aryl methyl sites for hydroxylation is 1. The van der Waals surface area contributed by atoms with Crippen LogP contribution in [-0.2, 0) is 14.8 Å². The summed E-state index contributed by atoms with van der Waals surface area (Å²) in [4.78, 5) is 14.8. The number of hydrogen-bond donors (Lipinski definition) is 1. The van der Waals surface area contributed by atoms with Crippen molar-refractivity contribution in [2.45, 2.75) is 21.6 Å². The summed E-state index contributed by atoms with van der Waals surface area (Å²) in [7, 11) is -3.96. The fourth-order valence-electron chi connectivity index (χ4n) is 2.94. The fraction of sp³-hybridized carbons (Fsp3) is 0.167. The van der Waals surface area contributed by atoms with Gasteiger partial charge in [-0.1, -0.05) is 29.8 Å². The predicted molar refractivity (Wildman–Crippen MR) is 138 cm³/mol. The number of hydrazone groups is 1. The zero-order valence-electron chi connectivity index (χ0n) is 18.6. The van der Waals surface area contributed by atoms with E-state index in [0.29, 0.717) is 5.69 Å². The summed E-state index contributed by atoms with van der Waals surface area (Å²) in [5.74, 6) is -0.545. The van der Waals surface area contributed by atoms with Gasteiger partial charge in [-0.25, -0.2) is 13.8 Å². The standard InChI is InChI=1S/C24H25N3O3S3/c1-18-4-8-20(9-5-18)27(33(29,30)23-14-12-22(32-3)13-15-23)17-24(28)26-25-16-19-6-10-21(31-2)11-7-19/h4-16H,17H2,1-3H3,(H,26,28)/b25-16-. The molecule has 0 aromatic heterocycles. The molecule has 0 saturated carbocycles. The first-order chi connectivity index (χ1) is 15.8. The average Bonchev–Trinajstić information content (AvgIpc) is 2.83. The van der Waals surface area contributed by atoms with Crippen LogP contribution in [0.25, 0.3) is 0 Å². The molecule has 1 amide bonds. The zero-order valence-corrected chi connectivity index (χ0v) is 21.0. The van der Waals surface area contributed by atoms with Crippen molar-refractivity contribution < 1.29 is 13.2 Å². The number of carbonyl (C=O) groups excluding carboxylic acids is 1. The molecule has 0 spiro atoms. The second-order valence-corrected chi connectivity index (χ2v) is 10.7. The average molecular weight is 500 g/mol. The van der Waals surface area contributed by atoms with E-state index >= 15 is 0 Å². The number of nitrogens with one attached hydrogen (secondary N) is 1. The maximum atomic E-state index is 13.4. The topological polar surface area (TPSA) is 78.8 Å². The lowest BCUT2D eigenvalue weighted by atomic mass is 10.2. The van der Waals surface area contributed by atoms with Crippen LogP contribution in [0.2, 0.25) is 0 Å². The van der Waals surface area contributed by atoms with Crippen LogP contribution in [0.3, 0.4) is 0 Å². The maximum absolute atomic E-state index is 13.4. The SMILES string of the molecule is CSc1ccc(/C=N\NC(=O)CN(c2ccc(C)cc2)S(=O)(=O)c2ccc(SC)cc2)cc1. The lowest BCUT2D eigenvalue weighted by Gasteiger charge is -2.24. The Morgan fingerprint density at radius 1 is 0.909 bits per heavy atom. The molecule has 172 valence electrons. The third kappa shape index (κ3) is 6.63. The molecule has 0 unspecified atom stereocenters. The molecule has 0 aliphatic heterocycles. The van der Waals surface area contributed by atoms with Gasteiger partial charge in [0.2, 0.25) is 0 Å². The van der Waals surface area contributed by atoms with E-state index in [9.17, 15) is 13.2 Å². The second-order valence-electron chi connectivity index (χ2n) is 7.09. The summed E-state index contributed by atoms with van der Waals surface area (Å²) in [6.45, 7) is 1.51. The first kappa shape index (κ1) is 24.9. The fourth-order valence-corrected chi connectivity index (χ4v) is 5.17. The summed E-state index contributed by atoms with van der Waals surface area (Å²) in [6, 6.07) is 21.3. The highest BCUT2D eigenvalue weighted by atomic mass is 32.2. The smallest absolute Gasteiger partial charge is 0.264 e. The molecule has 0 aliphatic rings. The Balaban J connectivity index is 1.80. The van der Waals surface area contributed by atoms with Crippen molar-refractivity contribution in [1.82, 2.24) is 5.43 Å². The lowest BCUT2D eigenvalue weighted by Crippen LogP contribution is -2.39. The third-order valence-electron chi connectivity index (χ3n) is 4.78. The highest BCUT2D eigenvalue weighted by Gasteiger charge is 2.27. The molecule has 6 nitrogen and oxygen atoms in total. The van der Waals surface area contributed by atoms with Crippen molar-refractivity contribution >= 4 is 51.4 Å². The van der Waals surface area contributed by atoms with Crippen LogP contribution in [-0.4, -0.2) is 39.6 Å². The molecule has 33 heavy (non-hydrogen) atoms. The van der Waals surface area contributed by atoms with E-state index in [1.165, 1.54) is 18.0 Å². The van der Waals surface area contributed by atoms with E-state index < -0.39 is 22.5 Å². The largest absolute Gasteiger partial charge is 0.271 e. The second kappa shape index (κ2) is 11.4. The Bertz CT molecular complexity index is 1210. The van der Waals surface area contributed by atoms with Crippen LogP contribution in [0.15, 0.2) is 92.6 Å². The Labute approximate surface area is 203 Å². The number of amides is 1. The monoisotopic (exact) mass is 499 g/mol. The van der Waals surface area contributed by atoms with Gasteiger partial charge in [0.05, 0.1) is 16.8 Å². The van der Waals surface area contributed by atoms with Gasteiger partial charge in [-0.3, -0.25) is 9.10 Å². The van der Waals surface area contributed by atoms with E-state index in [4.69, 9.17) is 0 Å². The number of hydrogen-bond acceptors (Lipinski definition) is 6. The minimum Gasteiger partial charge on any atom is -0.271 e. The van der Waals surface area contributed by atoms with E-state index in [2.05, 4.69) is 10.5 Å². The van der Waals surface area contributed by atoms with E-state index in [1.807, 2.05) is 55.8 Å². The molecule has 0 atom stereocenters. The van der Waals surface area contributed by atoms with Gasteiger partial charge in [0.15, 0.2) is 0 Å². The quantitative estimate of drug-likeness (QED) is 0.260. The van der Waals surface area contributed by atoms with Gasteiger partial charge in [-0.2, -0.15) is 5.10 Å². The molecular weight excluding hydrogens is 474 g/mol. The van der Waals surface area contributed by atoms with Gasteiger partial charge >= 0.3 is 0 Å². The van der Waals surface area contributed by atoms with Crippen LogP contribution < -0.4 is 9.73 Å². The van der Waals surface area contributed by atoms with Gasteiger partial charge in [0.1, 0.15) is 6.54 Å². The molecular formula is C24H25N3O3S3. The van der Waals surface area contributed by atoms with Gasteiger partial charge in [0.25, 0.3) is 15.9 Å². The molecule has 0 saturated heterocycles. The Morgan fingerprint density at radius 3 is 2.00 bits per heavy atom. The predicted octanol–water partition coefficient (Wildman–Crippen LogP) is 4.78. The van der Waals surface area contributed by atoms with Crippen molar-refractivity contribution in [3.63, 3.8) is 0 Å². The minimum atomic E-state index is -3.96. The number of anilines is 1. The molecule has 0 bridgehead atoms. The van der Waals surface area contributed by atoms with Crippen molar-refractivity contribution in [3.8, 4) is 0 Å². The van der Waals surface area contributed by atoms with Crippen molar-refractivity contribution in [2.24, 2.45) is 5.10 Å². The van der Waals surface area contributed by atoms with Gasteiger partial charge in [0, 0.05) is 9.79 Å². The van der Waals surface area contributed by atoms with E-state index in [1.54, 1.807) is 48.2 Å². The number of rotatable bonds is 9. The first-order valence-electron chi connectivity index (χ1n) is 10.0. The summed E-state index contributed by atoms with van der Waals surface area (Å²) in [5.41, 5.74) is 4.65. The lowest BCUT2D eigenvalue weighted by molar-refractivity contribution is -0.119. The van der Waals surface area contributed by atoms with Crippen LogP contribution in [0.1, 0.15) is 11.1 Å². The van der Waals surface area contributed by atoms with E-state index in [-0.39, 0.29) is 4.90 Å². The summed E-state index contributed by atoms with van der Waals surface area (Å²) < 4.78 is 27.9. The molecule has 0 heterocycles. The van der Waals surface area contributed by atoms with Crippen LogP contribution in [0, 0.1) is 6.92 Å². The molecule has 9 heteroatoms. The van der Waals surface area contributed by atoms with E-state index in [0.717, 1.165) is 25.2 Å². The summed E-state index contributed by atoms with van der Waals surface area (Å²) >= 11 is 3.16. The van der Waals surface area contributed by atoms with Crippen molar-refractivity contribution in [1.29, 1.82) is 0 Å². The van der Waals surface area contributed by atoms with Crippen LogP contribution in [0.5, 0.6) is 0 Å². The first-order valence-corrected chi connectivity index (χ1v) is 13.9. The number of carbonyl (C=O) groups is 1. The molecule has 1 N–H and O–H groups in total. The van der Waals surface area contributed by atoms with Gasteiger partial charge in [-0.05, 0) is 73.5 Å². The normalized spacial score (nSPS) is 11.5. The van der Waals surface area contributed by atoms with Crippen LogP contribution >= 0.6 is 23.5 Å². The number of benzene rings is 3.